The monoisotopic (exact) mass is 300 g/mol. The number of hydrogen-bond donors (Lipinski definition) is 2. The molecule has 5 heteroatoms. The molecule has 0 amide bonds. The second-order valence-electron chi connectivity index (χ2n) is 4.59. The third-order valence-electron chi connectivity index (χ3n) is 3.32. The van der Waals surface area contributed by atoms with Gasteiger partial charge >= 0.3 is 0 Å². The highest BCUT2D eigenvalue weighted by atomic mass is 35.5. The lowest BCUT2D eigenvalue weighted by Gasteiger charge is -2.18. The summed E-state index contributed by atoms with van der Waals surface area (Å²) in [4.78, 5) is 24.8. The Balaban J connectivity index is 2.24. The number of Topliss-reactive ketones (excluding diaryl/α,β-unsaturated/α-hetero) is 2. The first-order valence-electron chi connectivity index (χ1n) is 6.11. The van der Waals surface area contributed by atoms with Crippen LogP contribution in [-0.4, -0.2) is 21.8 Å². The number of ketones is 2. The molecule has 0 atom stereocenters. The number of allylic oxidation sites excluding steroid dienone is 2. The lowest BCUT2D eigenvalue weighted by molar-refractivity contribution is 0.0995. The van der Waals surface area contributed by atoms with Gasteiger partial charge in [0.2, 0.25) is 5.78 Å². The number of rotatable bonds is 1. The van der Waals surface area contributed by atoms with E-state index in [0.717, 1.165) is 0 Å². The van der Waals surface area contributed by atoms with Crippen molar-refractivity contribution in [3.05, 3.63) is 64.2 Å². The first-order chi connectivity index (χ1) is 10.0. The van der Waals surface area contributed by atoms with E-state index < -0.39 is 11.6 Å². The smallest absolute Gasteiger partial charge is 0.209 e. The zero-order chi connectivity index (χ0) is 15.1. The van der Waals surface area contributed by atoms with Crippen molar-refractivity contribution in [1.82, 2.24) is 0 Å². The predicted molar refractivity (Wildman–Crippen MR) is 77.6 cm³/mol. The molecule has 104 valence electrons. The second kappa shape index (κ2) is 4.75. The molecular formula is C16H9ClO4. The van der Waals surface area contributed by atoms with Crippen LogP contribution in [0.25, 0.3) is 5.57 Å². The Kier molecular flexibility index (Phi) is 3.03. The van der Waals surface area contributed by atoms with Crippen LogP contribution in [0.4, 0.5) is 0 Å². The van der Waals surface area contributed by atoms with Crippen LogP contribution >= 0.6 is 11.6 Å². The number of phenols is 2. The SMILES string of the molecule is O=C1C(c2ccc(O)cc2)=C(Cl)C(=O)c2c(O)cccc21. The Bertz CT molecular complexity index is 804. The van der Waals surface area contributed by atoms with Gasteiger partial charge in [-0.1, -0.05) is 35.9 Å². The molecule has 0 aliphatic heterocycles. The zero-order valence-corrected chi connectivity index (χ0v) is 11.4. The Hall–Kier alpha value is -2.59. The zero-order valence-electron chi connectivity index (χ0n) is 10.6. The number of carbonyl (C=O) groups excluding carboxylic acids is 2. The number of halogens is 1. The van der Waals surface area contributed by atoms with Crippen LogP contribution in [0.2, 0.25) is 0 Å². The molecule has 0 aromatic heterocycles. The number of aromatic hydroxyl groups is 2. The van der Waals surface area contributed by atoms with Gasteiger partial charge in [-0.3, -0.25) is 9.59 Å². The van der Waals surface area contributed by atoms with Crippen molar-refractivity contribution in [2.45, 2.75) is 0 Å². The van der Waals surface area contributed by atoms with Gasteiger partial charge in [-0.25, -0.2) is 0 Å². The maximum absolute atomic E-state index is 12.5. The molecule has 1 aliphatic rings. The molecule has 0 bridgehead atoms. The molecule has 21 heavy (non-hydrogen) atoms. The summed E-state index contributed by atoms with van der Waals surface area (Å²) >= 11 is 6.04. The summed E-state index contributed by atoms with van der Waals surface area (Å²) in [5, 5.41) is 18.8. The normalized spacial score (nSPS) is 14.3. The quantitative estimate of drug-likeness (QED) is 0.848. The molecule has 2 aromatic carbocycles. The van der Waals surface area contributed by atoms with E-state index >= 15 is 0 Å². The van der Waals surface area contributed by atoms with Crippen molar-refractivity contribution in [2.24, 2.45) is 0 Å². The van der Waals surface area contributed by atoms with Gasteiger partial charge in [0, 0.05) is 5.56 Å². The topological polar surface area (TPSA) is 74.6 Å². The van der Waals surface area contributed by atoms with Gasteiger partial charge in [0.1, 0.15) is 16.5 Å². The molecule has 1 aliphatic carbocycles. The summed E-state index contributed by atoms with van der Waals surface area (Å²) in [6.07, 6.45) is 0. The van der Waals surface area contributed by atoms with Crippen LogP contribution in [0.15, 0.2) is 47.5 Å². The van der Waals surface area contributed by atoms with Crippen LogP contribution in [0.1, 0.15) is 26.3 Å². The summed E-state index contributed by atoms with van der Waals surface area (Å²) in [6.45, 7) is 0. The molecule has 3 rings (SSSR count). The third kappa shape index (κ3) is 2.00. The first kappa shape index (κ1) is 13.4. The van der Waals surface area contributed by atoms with E-state index in [1.165, 1.54) is 42.5 Å². The van der Waals surface area contributed by atoms with Gasteiger partial charge in [0.05, 0.1) is 11.1 Å². The molecule has 0 fully saturated rings. The summed E-state index contributed by atoms with van der Waals surface area (Å²) in [7, 11) is 0. The maximum Gasteiger partial charge on any atom is 0.209 e. The fourth-order valence-electron chi connectivity index (χ4n) is 2.31. The highest BCUT2D eigenvalue weighted by molar-refractivity contribution is 6.57. The minimum atomic E-state index is -0.590. The van der Waals surface area contributed by atoms with E-state index in [4.69, 9.17) is 11.6 Å². The molecule has 2 aromatic rings. The molecular weight excluding hydrogens is 292 g/mol. The number of fused-ring (bicyclic) bond motifs is 1. The Morgan fingerprint density at radius 2 is 1.52 bits per heavy atom. The number of hydrogen-bond acceptors (Lipinski definition) is 4. The molecule has 0 saturated heterocycles. The largest absolute Gasteiger partial charge is 0.508 e. The first-order valence-corrected chi connectivity index (χ1v) is 6.49. The van der Waals surface area contributed by atoms with E-state index in [1.807, 2.05) is 0 Å². The van der Waals surface area contributed by atoms with Crippen LogP contribution in [0, 0.1) is 0 Å². The summed E-state index contributed by atoms with van der Waals surface area (Å²) in [5.74, 6) is -1.25. The van der Waals surface area contributed by atoms with Gasteiger partial charge < -0.3 is 10.2 Å². The fraction of sp³-hybridized carbons (Fsp3) is 0. The average molecular weight is 301 g/mol. The average Bonchev–Trinajstić information content (AvgIpc) is 2.47. The summed E-state index contributed by atoms with van der Waals surface area (Å²) < 4.78 is 0. The number of phenolic OH excluding ortho intramolecular Hbond substituents is 2. The lowest BCUT2D eigenvalue weighted by atomic mass is 9.85. The molecule has 2 N–H and O–H groups in total. The molecule has 0 spiro atoms. The minimum Gasteiger partial charge on any atom is -0.508 e. The third-order valence-corrected chi connectivity index (χ3v) is 3.68. The van der Waals surface area contributed by atoms with Gasteiger partial charge in [-0.05, 0) is 23.8 Å². The number of benzene rings is 2. The maximum atomic E-state index is 12.5. The van der Waals surface area contributed by atoms with Gasteiger partial charge in [-0.2, -0.15) is 0 Å². The van der Waals surface area contributed by atoms with Crippen LogP contribution in [0.5, 0.6) is 11.5 Å². The highest BCUT2D eigenvalue weighted by Crippen LogP contribution is 2.37. The Morgan fingerprint density at radius 3 is 2.19 bits per heavy atom. The summed E-state index contributed by atoms with van der Waals surface area (Å²) in [6, 6.07) is 10.1. The number of carbonyl (C=O) groups is 2. The summed E-state index contributed by atoms with van der Waals surface area (Å²) in [5.41, 5.74) is 0.549. The van der Waals surface area contributed by atoms with Crippen molar-refractivity contribution in [3.8, 4) is 11.5 Å². The van der Waals surface area contributed by atoms with Gasteiger partial charge in [0.15, 0.2) is 5.78 Å². The van der Waals surface area contributed by atoms with Crippen molar-refractivity contribution in [3.63, 3.8) is 0 Å². The molecule has 4 nitrogen and oxygen atoms in total. The predicted octanol–water partition coefficient (Wildman–Crippen LogP) is 3.13. The molecule has 0 unspecified atom stereocenters. The van der Waals surface area contributed by atoms with E-state index in [0.29, 0.717) is 5.56 Å². The van der Waals surface area contributed by atoms with E-state index in [1.54, 1.807) is 0 Å². The molecule has 0 radical (unpaired) electrons. The van der Waals surface area contributed by atoms with Crippen molar-refractivity contribution >= 4 is 28.7 Å². The van der Waals surface area contributed by atoms with Crippen LogP contribution in [-0.2, 0) is 0 Å². The van der Waals surface area contributed by atoms with Crippen molar-refractivity contribution in [1.29, 1.82) is 0 Å². The van der Waals surface area contributed by atoms with Crippen molar-refractivity contribution in [2.75, 3.05) is 0 Å². The standard InChI is InChI=1S/C16H9ClO4/c17-14-12(8-4-6-9(18)7-5-8)15(20)10-2-1-3-11(19)13(10)16(14)21/h1-7,18-19H. The highest BCUT2D eigenvalue weighted by Gasteiger charge is 2.33. The van der Waals surface area contributed by atoms with Crippen LogP contribution in [0.3, 0.4) is 0 Å². The van der Waals surface area contributed by atoms with Crippen LogP contribution < -0.4 is 0 Å². The van der Waals surface area contributed by atoms with Gasteiger partial charge in [0.25, 0.3) is 0 Å². The van der Waals surface area contributed by atoms with Gasteiger partial charge in [-0.15, -0.1) is 0 Å². The van der Waals surface area contributed by atoms with E-state index in [9.17, 15) is 19.8 Å². The second-order valence-corrected chi connectivity index (χ2v) is 4.97. The Morgan fingerprint density at radius 1 is 0.857 bits per heavy atom. The minimum absolute atomic E-state index is 0.0445. The lowest BCUT2D eigenvalue weighted by Crippen LogP contribution is -2.19. The molecule has 0 saturated carbocycles. The van der Waals surface area contributed by atoms with Crippen molar-refractivity contribution < 1.29 is 19.8 Å². The van der Waals surface area contributed by atoms with E-state index in [2.05, 4.69) is 0 Å². The molecule has 0 heterocycles. The van der Waals surface area contributed by atoms with E-state index in [-0.39, 0.29) is 33.2 Å². The fourth-order valence-corrected chi connectivity index (χ4v) is 2.60. The Labute approximate surface area is 124 Å².